The Bertz CT molecular complexity index is 1130. The summed E-state index contributed by atoms with van der Waals surface area (Å²) in [4.78, 5) is 45.2. The minimum atomic E-state index is -5.08. The SMILES string of the molecule is C[C@H](NC(=O)[C@H]1C[C@H](c2ccccc2)CN1)C(=O)NCc1cc(Cl)cc(C(N)=O)c1.O=C(O)C(F)(F)F. The van der Waals surface area contributed by atoms with E-state index >= 15 is 0 Å². The van der Waals surface area contributed by atoms with Crippen LogP contribution in [-0.4, -0.2) is 53.6 Å². The first-order valence-corrected chi connectivity index (χ1v) is 11.4. The number of primary amides is 1. The molecule has 0 aromatic heterocycles. The third kappa shape index (κ3) is 9.39. The Balaban J connectivity index is 0.000000604. The van der Waals surface area contributed by atoms with Crippen LogP contribution in [0.25, 0.3) is 0 Å². The Morgan fingerprint density at radius 3 is 2.35 bits per heavy atom. The number of hydrogen-bond acceptors (Lipinski definition) is 5. The number of nitrogens with one attached hydrogen (secondary N) is 3. The minimum absolute atomic E-state index is 0.164. The molecule has 2 aromatic rings. The van der Waals surface area contributed by atoms with Crippen LogP contribution in [0.4, 0.5) is 13.2 Å². The number of carboxylic acids is 1. The zero-order valence-corrected chi connectivity index (χ0v) is 20.4. The van der Waals surface area contributed by atoms with Crippen molar-refractivity contribution in [2.75, 3.05) is 6.54 Å². The molecule has 200 valence electrons. The van der Waals surface area contributed by atoms with Gasteiger partial charge in [-0.15, -0.1) is 0 Å². The third-order valence-electron chi connectivity index (χ3n) is 5.42. The van der Waals surface area contributed by atoms with Crippen LogP contribution in [-0.2, 0) is 20.9 Å². The molecule has 0 spiro atoms. The average Bonchev–Trinajstić information content (AvgIpc) is 3.33. The van der Waals surface area contributed by atoms with Crippen molar-refractivity contribution in [3.63, 3.8) is 0 Å². The second-order valence-electron chi connectivity index (χ2n) is 8.27. The van der Waals surface area contributed by atoms with Crippen molar-refractivity contribution in [2.24, 2.45) is 5.73 Å². The Morgan fingerprint density at radius 2 is 1.78 bits per heavy atom. The van der Waals surface area contributed by atoms with Crippen LogP contribution >= 0.6 is 11.6 Å². The number of carbonyl (C=O) groups excluding carboxylic acids is 3. The monoisotopic (exact) mass is 542 g/mol. The van der Waals surface area contributed by atoms with E-state index in [1.54, 1.807) is 19.1 Å². The Labute approximate surface area is 215 Å². The van der Waals surface area contributed by atoms with Gasteiger partial charge < -0.3 is 26.8 Å². The molecule has 3 rings (SSSR count). The fraction of sp³-hybridized carbons (Fsp3) is 0.333. The second-order valence-corrected chi connectivity index (χ2v) is 8.70. The number of rotatable bonds is 7. The molecule has 9 nitrogen and oxygen atoms in total. The van der Waals surface area contributed by atoms with E-state index in [4.69, 9.17) is 27.2 Å². The van der Waals surface area contributed by atoms with Crippen molar-refractivity contribution in [1.82, 2.24) is 16.0 Å². The van der Waals surface area contributed by atoms with Gasteiger partial charge in [-0.25, -0.2) is 4.79 Å². The zero-order chi connectivity index (χ0) is 27.8. The zero-order valence-electron chi connectivity index (χ0n) is 19.6. The number of aliphatic carboxylic acids is 1. The summed E-state index contributed by atoms with van der Waals surface area (Å²) in [5.41, 5.74) is 7.39. The molecule has 1 fully saturated rings. The van der Waals surface area contributed by atoms with Gasteiger partial charge in [0.25, 0.3) is 0 Å². The lowest BCUT2D eigenvalue weighted by Crippen LogP contribution is -2.49. The van der Waals surface area contributed by atoms with E-state index < -0.39 is 24.1 Å². The first kappa shape index (κ1) is 29.6. The summed E-state index contributed by atoms with van der Waals surface area (Å²) in [7, 11) is 0. The molecule has 0 bridgehead atoms. The highest BCUT2D eigenvalue weighted by Crippen LogP contribution is 2.25. The molecule has 3 amide bonds. The summed E-state index contributed by atoms with van der Waals surface area (Å²) in [6.07, 6.45) is -4.40. The molecule has 0 unspecified atom stereocenters. The Kier molecular flexibility index (Phi) is 10.4. The van der Waals surface area contributed by atoms with Gasteiger partial charge in [0, 0.05) is 23.7 Å². The van der Waals surface area contributed by atoms with Gasteiger partial charge in [0.1, 0.15) is 6.04 Å². The van der Waals surface area contributed by atoms with Crippen LogP contribution in [0, 0.1) is 0 Å². The number of carboxylic acid groups (broad SMARTS) is 1. The number of hydrogen-bond donors (Lipinski definition) is 5. The van der Waals surface area contributed by atoms with E-state index in [9.17, 15) is 27.6 Å². The fourth-order valence-corrected chi connectivity index (χ4v) is 3.79. The maximum Gasteiger partial charge on any atom is 0.490 e. The lowest BCUT2D eigenvalue weighted by atomic mass is 9.96. The summed E-state index contributed by atoms with van der Waals surface area (Å²) in [5.74, 6) is -3.61. The summed E-state index contributed by atoms with van der Waals surface area (Å²) >= 11 is 5.99. The van der Waals surface area contributed by atoms with Crippen LogP contribution < -0.4 is 21.7 Å². The summed E-state index contributed by atoms with van der Waals surface area (Å²) in [6, 6.07) is 13.7. The lowest BCUT2D eigenvalue weighted by molar-refractivity contribution is -0.192. The number of nitrogens with two attached hydrogens (primary N) is 1. The van der Waals surface area contributed by atoms with Crippen LogP contribution in [0.15, 0.2) is 48.5 Å². The molecule has 1 aliphatic heterocycles. The van der Waals surface area contributed by atoms with E-state index in [0.717, 1.165) is 6.54 Å². The Hall–Kier alpha value is -3.64. The standard InChI is InChI=1S/C22H25ClN4O3.C2HF3O2/c1-13(21(29)26-11-14-7-16(20(24)28)9-18(23)8-14)27-22(30)19-10-17(12-25-19)15-5-3-2-4-6-15;3-2(4,5)1(6)7/h2-9,13,17,19,25H,10-12H2,1H3,(H2,24,28)(H,26,29)(H,27,30);(H,6,7)/t13-,17-,19+;/m0./s1. The first-order chi connectivity index (χ1) is 17.3. The van der Waals surface area contributed by atoms with Crippen molar-refractivity contribution in [2.45, 2.75) is 44.1 Å². The number of amides is 3. The average molecular weight is 543 g/mol. The molecule has 13 heteroatoms. The largest absolute Gasteiger partial charge is 0.490 e. The molecule has 1 aliphatic rings. The van der Waals surface area contributed by atoms with Crippen molar-refractivity contribution in [3.05, 3.63) is 70.2 Å². The maximum atomic E-state index is 12.6. The highest BCUT2D eigenvalue weighted by molar-refractivity contribution is 6.31. The predicted octanol–water partition coefficient (Wildman–Crippen LogP) is 2.34. The van der Waals surface area contributed by atoms with Gasteiger partial charge in [0.15, 0.2) is 0 Å². The van der Waals surface area contributed by atoms with Crippen molar-refractivity contribution >= 4 is 35.3 Å². The number of halogens is 4. The number of alkyl halides is 3. The predicted molar refractivity (Wildman–Crippen MR) is 129 cm³/mol. The molecule has 1 saturated heterocycles. The van der Waals surface area contributed by atoms with E-state index in [1.165, 1.54) is 11.6 Å². The van der Waals surface area contributed by atoms with Crippen LogP contribution in [0.1, 0.15) is 40.7 Å². The van der Waals surface area contributed by atoms with Gasteiger partial charge in [-0.3, -0.25) is 14.4 Å². The Morgan fingerprint density at radius 1 is 1.16 bits per heavy atom. The molecular weight excluding hydrogens is 517 g/mol. The molecule has 3 atom stereocenters. The quantitative estimate of drug-likeness (QED) is 0.362. The summed E-state index contributed by atoms with van der Waals surface area (Å²) in [6.45, 7) is 2.51. The molecule has 6 N–H and O–H groups in total. The van der Waals surface area contributed by atoms with Gasteiger partial charge in [-0.1, -0.05) is 41.9 Å². The topological polar surface area (TPSA) is 151 Å². The van der Waals surface area contributed by atoms with Gasteiger partial charge in [0.05, 0.1) is 6.04 Å². The summed E-state index contributed by atoms with van der Waals surface area (Å²) < 4.78 is 31.7. The highest BCUT2D eigenvalue weighted by Gasteiger charge is 2.38. The van der Waals surface area contributed by atoms with Gasteiger partial charge in [0.2, 0.25) is 17.7 Å². The normalized spacial score (nSPS) is 17.6. The molecule has 37 heavy (non-hydrogen) atoms. The molecule has 0 radical (unpaired) electrons. The van der Waals surface area contributed by atoms with E-state index in [0.29, 0.717) is 17.0 Å². The molecule has 0 saturated carbocycles. The van der Waals surface area contributed by atoms with E-state index in [-0.39, 0.29) is 35.9 Å². The van der Waals surface area contributed by atoms with Crippen LogP contribution in [0.2, 0.25) is 5.02 Å². The second kappa shape index (κ2) is 13.1. The fourth-order valence-electron chi connectivity index (χ4n) is 3.53. The molecular formula is C24H26ClF3N4O5. The highest BCUT2D eigenvalue weighted by atomic mass is 35.5. The number of carbonyl (C=O) groups is 4. The minimum Gasteiger partial charge on any atom is -0.475 e. The number of benzene rings is 2. The first-order valence-electron chi connectivity index (χ1n) is 11.0. The van der Waals surface area contributed by atoms with Crippen LogP contribution in [0.5, 0.6) is 0 Å². The van der Waals surface area contributed by atoms with Crippen molar-refractivity contribution < 1.29 is 37.5 Å². The molecule has 2 aromatic carbocycles. The van der Waals surface area contributed by atoms with Crippen molar-refractivity contribution in [1.29, 1.82) is 0 Å². The van der Waals surface area contributed by atoms with E-state index in [1.807, 2.05) is 18.2 Å². The van der Waals surface area contributed by atoms with E-state index in [2.05, 4.69) is 28.1 Å². The smallest absolute Gasteiger partial charge is 0.475 e. The van der Waals surface area contributed by atoms with Gasteiger partial charge in [-0.05, 0) is 48.6 Å². The van der Waals surface area contributed by atoms with Crippen LogP contribution in [0.3, 0.4) is 0 Å². The maximum absolute atomic E-state index is 12.6. The molecule has 0 aliphatic carbocycles. The molecule has 1 heterocycles. The third-order valence-corrected chi connectivity index (χ3v) is 5.64. The van der Waals surface area contributed by atoms with Gasteiger partial charge >= 0.3 is 12.1 Å². The summed E-state index contributed by atoms with van der Waals surface area (Å²) in [5, 5.41) is 16.2. The van der Waals surface area contributed by atoms with Gasteiger partial charge in [-0.2, -0.15) is 13.2 Å². The lowest BCUT2D eigenvalue weighted by Gasteiger charge is -2.17. The van der Waals surface area contributed by atoms with Crippen molar-refractivity contribution in [3.8, 4) is 0 Å².